The van der Waals surface area contributed by atoms with E-state index in [0.29, 0.717) is 39.1 Å². The van der Waals surface area contributed by atoms with Gasteiger partial charge in [-0.25, -0.2) is 0 Å². The lowest BCUT2D eigenvalue weighted by atomic mass is 9.76. The molecule has 4 aliphatic rings. The maximum Gasteiger partial charge on any atom is 0.311 e. The van der Waals surface area contributed by atoms with Crippen molar-refractivity contribution in [2.24, 2.45) is 23.7 Å². The fourth-order valence-corrected chi connectivity index (χ4v) is 9.82. The summed E-state index contributed by atoms with van der Waals surface area (Å²) in [5.41, 5.74) is -1.00. The lowest BCUT2D eigenvalue weighted by Crippen LogP contribution is -2.61. The molecule has 0 amide bonds. The third-order valence-electron chi connectivity index (χ3n) is 13.8. The Labute approximate surface area is 346 Å². The van der Waals surface area contributed by atoms with Gasteiger partial charge in [-0.2, -0.15) is 0 Å². The van der Waals surface area contributed by atoms with Crippen molar-refractivity contribution in [2.75, 3.05) is 48.0 Å². The third kappa shape index (κ3) is 10.6. The summed E-state index contributed by atoms with van der Waals surface area (Å²) in [6.45, 7) is 17.1. The molecule has 2 bridgehead atoms. The number of esters is 1. The Bertz CT molecular complexity index is 1440. The summed E-state index contributed by atoms with van der Waals surface area (Å²) in [6.07, 6.45) is -6.45. The van der Waals surface area contributed by atoms with Gasteiger partial charge in [0.05, 0.1) is 60.9 Å². The summed E-state index contributed by atoms with van der Waals surface area (Å²) in [4.78, 5) is 18.7. The van der Waals surface area contributed by atoms with Gasteiger partial charge in [0.15, 0.2) is 12.6 Å². The van der Waals surface area contributed by atoms with E-state index < -0.39 is 84.3 Å². The van der Waals surface area contributed by atoms with Gasteiger partial charge in [0.2, 0.25) is 0 Å². The minimum Gasteiger partial charge on any atom is -0.460 e. The van der Waals surface area contributed by atoms with Crippen molar-refractivity contribution in [3.8, 4) is 0 Å². The van der Waals surface area contributed by atoms with E-state index in [0.717, 1.165) is 5.56 Å². The van der Waals surface area contributed by atoms with Crippen LogP contribution in [0.5, 0.6) is 0 Å². The first-order valence-corrected chi connectivity index (χ1v) is 21.3. The molecule has 4 aliphatic heterocycles. The molecule has 14 nitrogen and oxygen atoms in total. The second kappa shape index (κ2) is 19.9. The van der Waals surface area contributed by atoms with Crippen LogP contribution in [0.2, 0.25) is 0 Å². The summed E-state index contributed by atoms with van der Waals surface area (Å²) in [5, 5.41) is 34.8. The molecule has 1 aromatic carbocycles. The van der Waals surface area contributed by atoms with Gasteiger partial charge in [-0.1, -0.05) is 44.2 Å². The quantitative estimate of drug-likeness (QED) is 0.278. The van der Waals surface area contributed by atoms with E-state index in [-0.39, 0.29) is 36.4 Å². The molecule has 0 aromatic heterocycles. The number of hydrogen-bond donors (Lipinski definition) is 3. The Morgan fingerprint density at radius 1 is 0.879 bits per heavy atom. The largest absolute Gasteiger partial charge is 0.460 e. The summed E-state index contributed by atoms with van der Waals surface area (Å²) < 4.78 is 51.4. The van der Waals surface area contributed by atoms with Gasteiger partial charge in [-0.05, 0) is 80.0 Å². The van der Waals surface area contributed by atoms with Crippen LogP contribution in [-0.4, -0.2) is 164 Å². The Morgan fingerprint density at radius 3 is 2.19 bits per heavy atom. The number of carbonyl (C=O) groups excluding carboxylic acids is 1. The van der Waals surface area contributed by atoms with Crippen LogP contribution in [0.3, 0.4) is 0 Å². The highest BCUT2D eigenvalue weighted by Crippen LogP contribution is 2.42. The number of carbonyl (C=O) groups is 1. The minimum atomic E-state index is -1.08. The fraction of sp³-hybridized carbons (Fsp3) is 0.841. The first-order valence-electron chi connectivity index (χ1n) is 21.3. The van der Waals surface area contributed by atoms with E-state index in [1.807, 2.05) is 90.9 Å². The highest BCUT2D eigenvalue weighted by Gasteiger charge is 2.53. The number of methoxy groups -OCH3 is 2. The number of nitrogens with zero attached hydrogens (tertiary/aromatic N) is 2. The summed E-state index contributed by atoms with van der Waals surface area (Å²) in [6, 6.07) is 9.45. The van der Waals surface area contributed by atoms with Crippen molar-refractivity contribution >= 4 is 5.97 Å². The van der Waals surface area contributed by atoms with Crippen LogP contribution < -0.4 is 0 Å². The highest BCUT2D eigenvalue weighted by molar-refractivity contribution is 5.73. The molecule has 1 unspecified atom stereocenters. The molecule has 332 valence electrons. The van der Waals surface area contributed by atoms with Crippen LogP contribution in [0.1, 0.15) is 80.2 Å². The molecule has 3 N–H and O–H groups in total. The zero-order chi connectivity index (χ0) is 42.7. The van der Waals surface area contributed by atoms with Gasteiger partial charge < -0.3 is 58.1 Å². The predicted molar refractivity (Wildman–Crippen MR) is 217 cm³/mol. The van der Waals surface area contributed by atoms with E-state index in [1.54, 1.807) is 28.1 Å². The molecule has 0 aliphatic carbocycles. The molecular weight excluding hydrogens is 748 g/mol. The lowest BCUT2D eigenvalue weighted by Gasteiger charge is -2.50. The molecule has 58 heavy (non-hydrogen) atoms. The molecule has 5 rings (SSSR count). The first-order chi connectivity index (χ1) is 27.3. The normalized spacial score (nSPS) is 45.8. The number of aliphatic hydroxyl groups is 3. The van der Waals surface area contributed by atoms with Crippen molar-refractivity contribution in [3.05, 3.63) is 35.9 Å². The second-order valence-corrected chi connectivity index (χ2v) is 18.4. The third-order valence-corrected chi connectivity index (χ3v) is 13.8. The van der Waals surface area contributed by atoms with Gasteiger partial charge in [0.25, 0.3) is 0 Å². The molecule has 14 heteroatoms. The van der Waals surface area contributed by atoms with Crippen LogP contribution in [0.15, 0.2) is 30.3 Å². The van der Waals surface area contributed by atoms with E-state index in [2.05, 4.69) is 4.90 Å². The lowest BCUT2D eigenvalue weighted by molar-refractivity contribution is -0.319. The molecule has 4 heterocycles. The van der Waals surface area contributed by atoms with Crippen LogP contribution in [-0.2, 0) is 49.3 Å². The van der Waals surface area contributed by atoms with Crippen LogP contribution >= 0.6 is 0 Å². The number of likely N-dealkylation sites (N-methyl/N-ethyl adjacent to an activating group) is 1. The van der Waals surface area contributed by atoms with E-state index >= 15 is 0 Å². The molecule has 4 saturated heterocycles. The molecule has 0 saturated carbocycles. The Morgan fingerprint density at radius 2 is 1.55 bits per heavy atom. The Balaban J connectivity index is 1.53. The summed E-state index contributed by atoms with van der Waals surface area (Å²) in [7, 11) is 7.02. The van der Waals surface area contributed by atoms with Gasteiger partial charge >= 0.3 is 5.97 Å². The van der Waals surface area contributed by atoms with Crippen molar-refractivity contribution in [3.63, 3.8) is 0 Å². The van der Waals surface area contributed by atoms with Gasteiger partial charge in [0, 0.05) is 57.6 Å². The monoisotopic (exact) mass is 823 g/mol. The Kier molecular flexibility index (Phi) is 16.2. The van der Waals surface area contributed by atoms with Crippen molar-refractivity contribution in [2.45, 2.75) is 166 Å². The molecule has 19 atom stereocenters. The minimum absolute atomic E-state index is 0.143. The van der Waals surface area contributed by atoms with Gasteiger partial charge in [-0.15, -0.1) is 0 Å². The molecule has 1 aromatic rings. The fourth-order valence-electron chi connectivity index (χ4n) is 9.82. The van der Waals surface area contributed by atoms with Crippen molar-refractivity contribution in [1.29, 1.82) is 0 Å². The van der Waals surface area contributed by atoms with Crippen LogP contribution in [0, 0.1) is 23.7 Å². The number of rotatable bonds is 11. The van der Waals surface area contributed by atoms with Crippen LogP contribution in [0.4, 0.5) is 0 Å². The van der Waals surface area contributed by atoms with Gasteiger partial charge in [-0.3, -0.25) is 9.69 Å². The van der Waals surface area contributed by atoms with Crippen molar-refractivity contribution in [1.82, 2.24) is 9.80 Å². The van der Waals surface area contributed by atoms with E-state index in [9.17, 15) is 20.1 Å². The number of ether oxygens (including phenoxy) is 8. The average Bonchev–Trinajstić information content (AvgIpc) is 3.59. The number of aliphatic hydroxyl groups excluding tert-OH is 3. The highest BCUT2D eigenvalue weighted by atomic mass is 16.7. The maximum absolute atomic E-state index is 14.6. The topological polar surface area (TPSA) is 158 Å². The second-order valence-electron chi connectivity index (χ2n) is 18.4. The van der Waals surface area contributed by atoms with Crippen molar-refractivity contribution < 1.29 is 58.0 Å². The van der Waals surface area contributed by atoms with Crippen LogP contribution in [0.25, 0.3) is 0 Å². The number of hydrogen-bond acceptors (Lipinski definition) is 14. The maximum atomic E-state index is 14.6. The SMILES string of the molecule is CO[C@]1(C)C[C@H](O[C@H]2[C@H](C)[C@@H](O[C@@H]3O[C@H](C)C[C@H](N(C)C)[C@H]3O)[C@@](C)(OC)C[C@@H](C)[C@H](O)[C@H](C)N3C[C@@H](COCc4ccccc4)[C@@H](C3)OC(=O)[C@@H]2C)O[C@@H](C)[C@@H]1O. The molecule has 4 fully saturated rings. The van der Waals surface area contributed by atoms with Gasteiger partial charge in [0.1, 0.15) is 18.3 Å². The zero-order valence-corrected chi connectivity index (χ0v) is 37.0. The Hall–Kier alpha value is -1.79. The predicted octanol–water partition coefficient (Wildman–Crippen LogP) is 3.61. The average molecular weight is 823 g/mol. The smallest absolute Gasteiger partial charge is 0.311 e. The molecule has 0 radical (unpaired) electrons. The van der Waals surface area contributed by atoms with E-state index in [4.69, 9.17) is 37.9 Å². The molecule has 0 spiro atoms. The number of fused-ring (bicyclic) bond motifs is 2. The summed E-state index contributed by atoms with van der Waals surface area (Å²) >= 11 is 0. The zero-order valence-electron chi connectivity index (χ0n) is 37.0. The molecular formula is C44H74N2O12. The summed E-state index contributed by atoms with van der Waals surface area (Å²) in [5.74, 6) is -2.32. The van der Waals surface area contributed by atoms with E-state index in [1.165, 1.54) is 0 Å². The standard InChI is InChI=1S/C44H74N2O12/c1-25-19-44(8,52-12)40(58-42-37(48)33(45(9)10)18-26(2)54-42)27(3)38(57-35-20-43(7,51-11)39(49)30(6)55-35)28(4)41(50)56-34-22-46(29(5)36(25)47)21-32(34)24-53-23-31-16-14-13-15-17-31/h13-17,25-30,32-40,42,47-49H,18-24H2,1-12H3/t25-,26-,27+,28-,29+,30+,32+,33+,34-,35+,36+,37-,38+,39+,40-,42+,43-,44+/m1/s1. The first kappa shape index (κ1) is 47.3. The number of benzene rings is 1.